The van der Waals surface area contributed by atoms with Crippen molar-refractivity contribution in [2.24, 2.45) is 7.05 Å². The Morgan fingerprint density at radius 3 is 2.89 bits per heavy atom. The Labute approximate surface area is 109 Å². The Kier molecular flexibility index (Phi) is 2.83. The molecule has 0 amide bonds. The zero-order valence-corrected chi connectivity index (χ0v) is 10.7. The van der Waals surface area contributed by atoms with Crippen molar-refractivity contribution in [3.8, 4) is 0 Å². The monoisotopic (exact) mass is 259 g/mol. The minimum atomic E-state index is -0.348. The highest BCUT2D eigenvalue weighted by molar-refractivity contribution is 5.78. The number of halogens is 1. The molecule has 0 aliphatic rings. The van der Waals surface area contributed by atoms with Crippen LogP contribution in [0, 0.1) is 5.82 Å². The van der Waals surface area contributed by atoms with E-state index in [0.29, 0.717) is 5.76 Å². The molecule has 5 heteroatoms. The fourth-order valence-electron chi connectivity index (χ4n) is 2.21. The van der Waals surface area contributed by atoms with Crippen LogP contribution in [0.25, 0.3) is 11.0 Å². The highest BCUT2D eigenvalue weighted by Crippen LogP contribution is 2.28. The van der Waals surface area contributed by atoms with Gasteiger partial charge >= 0.3 is 0 Å². The molecule has 98 valence electrons. The van der Waals surface area contributed by atoms with Crippen molar-refractivity contribution in [2.75, 3.05) is 7.05 Å². The lowest BCUT2D eigenvalue weighted by atomic mass is 10.1. The van der Waals surface area contributed by atoms with Crippen molar-refractivity contribution in [1.82, 2.24) is 14.9 Å². The second-order valence-corrected chi connectivity index (χ2v) is 4.49. The summed E-state index contributed by atoms with van der Waals surface area (Å²) in [5, 5.41) is 3.89. The van der Waals surface area contributed by atoms with E-state index >= 15 is 0 Å². The molecule has 4 nitrogen and oxygen atoms in total. The Balaban J connectivity index is 2.09. The minimum Gasteiger partial charge on any atom is -0.456 e. The van der Waals surface area contributed by atoms with E-state index in [9.17, 15) is 4.39 Å². The van der Waals surface area contributed by atoms with E-state index < -0.39 is 0 Å². The van der Waals surface area contributed by atoms with Crippen LogP contribution >= 0.6 is 0 Å². The molecule has 0 aliphatic heterocycles. The van der Waals surface area contributed by atoms with Gasteiger partial charge in [0.05, 0.1) is 12.0 Å². The smallest absolute Gasteiger partial charge is 0.169 e. The van der Waals surface area contributed by atoms with Gasteiger partial charge in [-0.3, -0.25) is 0 Å². The highest BCUT2D eigenvalue weighted by Gasteiger charge is 2.19. The summed E-state index contributed by atoms with van der Waals surface area (Å²) in [5.41, 5.74) is 1.12. The maximum absolute atomic E-state index is 13.6. The first kappa shape index (κ1) is 11.9. The summed E-state index contributed by atoms with van der Waals surface area (Å²) in [6.07, 6.45) is 3.63. The standard InChI is InChI=1S/C14H14FN3O/c1-16-13(11-7-18(2)8-17-11)12-6-9-4-3-5-10(15)14(9)19-12/h3-8,13,16H,1-2H3. The van der Waals surface area contributed by atoms with E-state index in [-0.39, 0.29) is 17.4 Å². The molecule has 0 radical (unpaired) electrons. The molecule has 0 saturated carbocycles. The third-order valence-corrected chi connectivity index (χ3v) is 3.11. The molecule has 3 aromatic rings. The van der Waals surface area contributed by atoms with E-state index in [4.69, 9.17) is 4.42 Å². The zero-order valence-electron chi connectivity index (χ0n) is 10.7. The topological polar surface area (TPSA) is 43.0 Å². The predicted molar refractivity (Wildman–Crippen MR) is 70.3 cm³/mol. The second-order valence-electron chi connectivity index (χ2n) is 4.49. The van der Waals surface area contributed by atoms with Crippen molar-refractivity contribution in [3.63, 3.8) is 0 Å². The van der Waals surface area contributed by atoms with Gasteiger partial charge in [0.25, 0.3) is 0 Å². The normalized spacial score (nSPS) is 13.0. The van der Waals surface area contributed by atoms with Gasteiger partial charge in [0, 0.05) is 18.6 Å². The Morgan fingerprint density at radius 2 is 2.26 bits per heavy atom. The number of benzene rings is 1. The number of aryl methyl sites for hydroxylation is 1. The first-order chi connectivity index (χ1) is 9.19. The van der Waals surface area contributed by atoms with Crippen LogP contribution in [0.2, 0.25) is 0 Å². The first-order valence-electron chi connectivity index (χ1n) is 6.02. The predicted octanol–water partition coefficient (Wildman–Crippen LogP) is 2.61. The zero-order chi connectivity index (χ0) is 13.4. The van der Waals surface area contributed by atoms with Crippen molar-refractivity contribution in [1.29, 1.82) is 0 Å². The van der Waals surface area contributed by atoms with Crippen LogP contribution in [-0.2, 0) is 7.05 Å². The number of hydrogen-bond donors (Lipinski definition) is 1. The number of nitrogens with one attached hydrogen (secondary N) is 1. The SMILES string of the molecule is CNC(c1cn(C)cn1)c1cc2cccc(F)c2o1. The molecule has 0 spiro atoms. The molecular formula is C14H14FN3O. The molecular weight excluding hydrogens is 245 g/mol. The maximum Gasteiger partial charge on any atom is 0.169 e. The average Bonchev–Trinajstić information content (AvgIpc) is 2.98. The first-order valence-corrected chi connectivity index (χ1v) is 6.02. The summed E-state index contributed by atoms with van der Waals surface area (Å²) in [6, 6.07) is 6.55. The van der Waals surface area contributed by atoms with Crippen LogP contribution in [0.4, 0.5) is 4.39 Å². The van der Waals surface area contributed by atoms with Crippen LogP contribution in [0.3, 0.4) is 0 Å². The highest BCUT2D eigenvalue weighted by atomic mass is 19.1. The molecule has 19 heavy (non-hydrogen) atoms. The van der Waals surface area contributed by atoms with Crippen LogP contribution in [-0.4, -0.2) is 16.6 Å². The number of fused-ring (bicyclic) bond motifs is 1. The number of furan rings is 1. The van der Waals surface area contributed by atoms with Crippen molar-refractivity contribution in [3.05, 3.63) is 54.1 Å². The fraction of sp³-hybridized carbons (Fsp3) is 0.214. The maximum atomic E-state index is 13.6. The fourth-order valence-corrected chi connectivity index (χ4v) is 2.21. The number of para-hydroxylation sites is 1. The van der Waals surface area contributed by atoms with E-state index in [0.717, 1.165) is 11.1 Å². The van der Waals surface area contributed by atoms with Gasteiger partial charge in [-0.15, -0.1) is 0 Å². The number of nitrogens with zero attached hydrogens (tertiary/aromatic N) is 2. The molecule has 0 bridgehead atoms. The van der Waals surface area contributed by atoms with Crippen molar-refractivity contribution < 1.29 is 8.81 Å². The molecule has 1 atom stereocenters. The van der Waals surface area contributed by atoms with Gasteiger partial charge in [-0.25, -0.2) is 9.37 Å². The molecule has 1 N–H and O–H groups in total. The van der Waals surface area contributed by atoms with Crippen LogP contribution < -0.4 is 5.32 Å². The van der Waals surface area contributed by atoms with Crippen molar-refractivity contribution >= 4 is 11.0 Å². The van der Waals surface area contributed by atoms with E-state index in [1.807, 2.05) is 37.0 Å². The van der Waals surface area contributed by atoms with Gasteiger partial charge in [-0.1, -0.05) is 12.1 Å². The quantitative estimate of drug-likeness (QED) is 0.786. The van der Waals surface area contributed by atoms with E-state index in [1.54, 1.807) is 12.4 Å². The van der Waals surface area contributed by atoms with Gasteiger partial charge in [0.1, 0.15) is 11.8 Å². The molecule has 0 aliphatic carbocycles. The molecule has 3 rings (SSSR count). The van der Waals surface area contributed by atoms with Gasteiger partial charge in [0.15, 0.2) is 11.4 Å². The van der Waals surface area contributed by atoms with E-state index in [2.05, 4.69) is 10.3 Å². The third kappa shape index (κ3) is 2.02. The Morgan fingerprint density at radius 1 is 1.42 bits per heavy atom. The van der Waals surface area contributed by atoms with Gasteiger partial charge in [-0.2, -0.15) is 0 Å². The summed E-state index contributed by atoms with van der Waals surface area (Å²) in [4.78, 5) is 4.30. The second kappa shape index (κ2) is 4.51. The van der Waals surface area contributed by atoms with Crippen molar-refractivity contribution in [2.45, 2.75) is 6.04 Å². The molecule has 0 fully saturated rings. The summed E-state index contributed by atoms with van der Waals surface area (Å²) < 4.78 is 21.1. The Bertz CT molecular complexity index is 716. The van der Waals surface area contributed by atoms with Crippen LogP contribution in [0.15, 0.2) is 41.2 Å². The minimum absolute atomic E-state index is 0.187. The number of rotatable bonds is 3. The summed E-state index contributed by atoms with van der Waals surface area (Å²) in [6.45, 7) is 0. The van der Waals surface area contributed by atoms with Gasteiger partial charge in [-0.05, 0) is 19.2 Å². The lowest BCUT2D eigenvalue weighted by Gasteiger charge is -2.10. The number of imidazole rings is 1. The van der Waals surface area contributed by atoms with Gasteiger partial charge in [0.2, 0.25) is 0 Å². The molecule has 2 heterocycles. The summed E-state index contributed by atoms with van der Waals surface area (Å²) in [7, 11) is 3.73. The van der Waals surface area contributed by atoms with Crippen LogP contribution in [0.5, 0.6) is 0 Å². The number of aromatic nitrogens is 2. The molecule has 2 aromatic heterocycles. The van der Waals surface area contributed by atoms with Gasteiger partial charge < -0.3 is 14.3 Å². The molecule has 1 aromatic carbocycles. The largest absolute Gasteiger partial charge is 0.456 e. The molecule has 0 saturated heterocycles. The number of hydrogen-bond acceptors (Lipinski definition) is 3. The van der Waals surface area contributed by atoms with E-state index in [1.165, 1.54) is 6.07 Å². The molecule has 1 unspecified atom stereocenters. The average molecular weight is 259 g/mol. The summed E-state index contributed by atoms with van der Waals surface area (Å²) in [5.74, 6) is 0.306. The lowest BCUT2D eigenvalue weighted by molar-refractivity contribution is 0.472. The lowest BCUT2D eigenvalue weighted by Crippen LogP contribution is -2.17. The Hall–Kier alpha value is -2.14. The van der Waals surface area contributed by atoms with Crippen LogP contribution in [0.1, 0.15) is 17.5 Å². The summed E-state index contributed by atoms with van der Waals surface area (Å²) >= 11 is 0. The third-order valence-electron chi connectivity index (χ3n) is 3.11.